The third-order valence-electron chi connectivity index (χ3n) is 8.34. The molecule has 1 aromatic rings. The second kappa shape index (κ2) is 15.0. The van der Waals surface area contributed by atoms with Gasteiger partial charge in [-0.1, -0.05) is 82.3 Å². The fourth-order valence-electron chi connectivity index (χ4n) is 5.03. The quantitative estimate of drug-likeness (QED) is 0.150. The van der Waals surface area contributed by atoms with Gasteiger partial charge in [0.25, 0.3) is 0 Å². The van der Waals surface area contributed by atoms with Crippen molar-refractivity contribution in [2.75, 3.05) is 6.54 Å². The number of hydrogen-bond acceptors (Lipinski definition) is 3. The molecule has 0 aliphatic heterocycles. The molecule has 208 valence electrons. The van der Waals surface area contributed by atoms with Crippen molar-refractivity contribution in [2.24, 2.45) is 17.8 Å². The number of aliphatic hydroxyl groups is 1. The zero-order valence-corrected chi connectivity index (χ0v) is 25.5. The van der Waals surface area contributed by atoms with Gasteiger partial charge in [0.15, 0.2) is 8.32 Å². The highest BCUT2D eigenvalue weighted by molar-refractivity contribution is 6.74. The minimum Gasteiger partial charge on any atom is -0.411 e. The second-order valence-corrected chi connectivity index (χ2v) is 17.2. The van der Waals surface area contributed by atoms with Gasteiger partial charge >= 0.3 is 0 Å². The molecule has 4 unspecified atom stereocenters. The number of aliphatic hydroxyl groups excluding tert-OH is 1. The van der Waals surface area contributed by atoms with Crippen LogP contribution in [0, 0.1) is 17.8 Å². The smallest absolute Gasteiger partial charge is 0.219 e. The van der Waals surface area contributed by atoms with Gasteiger partial charge < -0.3 is 14.8 Å². The third kappa shape index (κ3) is 10.5. The minimum absolute atomic E-state index is 0.0801. The minimum atomic E-state index is -1.92. The number of carbonyl (C=O) groups excluding carboxylic acids is 1. The first-order valence-corrected chi connectivity index (χ1v) is 17.3. The molecule has 5 atom stereocenters. The summed E-state index contributed by atoms with van der Waals surface area (Å²) in [5, 5.41) is 13.8. The van der Waals surface area contributed by atoms with Gasteiger partial charge in [0.2, 0.25) is 5.91 Å². The highest BCUT2D eigenvalue weighted by atomic mass is 28.4. The Kier molecular flexibility index (Phi) is 12.8. The molecule has 4 nitrogen and oxygen atoms in total. The average molecular weight is 528 g/mol. The van der Waals surface area contributed by atoms with E-state index in [-0.39, 0.29) is 29.1 Å². The standard InChI is InChI=1S/C32H53NO3Si/c1-8-33-31(35)19-15-10-9-14-18-29-28(25(2)24-30(29)34)23-22-27(36-37(6,7)32(3,4)5)21-20-26-16-12-11-13-17-26/h9,11-14,16-17,22-23,25,27-30,34H,8,10,15,18-21,24H2,1-7H3,(H,33,35)/b14-9-,23-22+/t25?,27?,28-,29?,30?/m0/s1. The molecular formula is C32H53NO3Si. The zero-order chi connectivity index (χ0) is 27.5. The lowest BCUT2D eigenvalue weighted by molar-refractivity contribution is -0.121. The first kappa shape index (κ1) is 31.5. The van der Waals surface area contributed by atoms with E-state index < -0.39 is 8.32 Å². The van der Waals surface area contributed by atoms with E-state index in [0.29, 0.717) is 24.8 Å². The van der Waals surface area contributed by atoms with Crippen molar-refractivity contribution >= 4 is 14.2 Å². The van der Waals surface area contributed by atoms with Crippen LogP contribution in [0.25, 0.3) is 0 Å². The van der Waals surface area contributed by atoms with Gasteiger partial charge in [0, 0.05) is 13.0 Å². The van der Waals surface area contributed by atoms with Gasteiger partial charge in [-0.2, -0.15) is 0 Å². The van der Waals surface area contributed by atoms with Crippen LogP contribution in [0.4, 0.5) is 0 Å². The first-order valence-electron chi connectivity index (χ1n) is 14.4. The Morgan fingerprint density at radius 3 is 2.57 bits per heavy atom. The maximum atomic E-state index is 11.6. The molecule has 0 bridgehead atoms. The van der Waals surface area contributed by atoms with Gasteiger partial charge in [-0.15, -0.1) is 0 Å². The summed E-state index contributed by atoms with van der Waals surface area (Å²) in [5.41, 5.74) is 1.35. The SMILES string of the molecule is CCNC(=O)CCC/C=C\CC1C(O)CC(C)[C@@H]1/C=C/C(CCc1ccccc1)O[Si](C)(C)C(C)(C)C. The summed E-state index contributed by atoms with van der Waals surface area (Å²) in [7, 11) is -1.92. The van der Waals surface area contributed by atoms with Crippen LogP contribution in [0.2, 0.25) is 18.1 Å². The Bertz CT molecular complexity index is 859. The van der Waals surface area contributed by atoms with Crippen LogP contribution >= 0.6 is 0 Å². The van der Waals surface area contributed by atoms with Gasteiger partial charge in [0.05, 0.1) is 12.2 Å². The molecule has 0 spiro atoms. The molecule has 0 radical (unpaired) electrons. The van der Waals surface area contributed by atoms with Crippen LogP contribution in [0.5, 0.6) is 0 Å². The highest BCUT2D eigenvalue weighted by Crippen LogP contribution is 2.41. The Morgan fingerprint density at radius 1 is 1.22 bits per heavy atom. The lowest BCUT2D eigenvalue weighted by atomic mass is 9.86. The first-order chi connectivity index (χ1) is 17.4. The van der Waals surface area contributed by atoms with Gasteiger partial charge in [-0.25, -0.2) is 0 Å². The average Bonchev–Trinajstić information content (AvgIpc) is 3.09. The largest absolute Gasteiger partial charge is 0.411 e. The van der Waals surface area contributed by atoms with E-state index in [2.05, 4.69) is 101 Å². The van der Waals surface area contributed by atoms with Crippen LogP contribution in [0.1, 0.15) is 78.7 Å². The molecule has 1 aromatic carbocycles. The van der Waals surface area contributed by atoms with Crippen molar-refractivity contribution in [1.82, 2.24) is 5.32 Å². The number of rotatable bonds is 14. The molecule has 0 heterocycles. The Labute approximate surface area is 228 Å². The molecule has 1 fully saturated rings. The van der Waals surface area contributed by atoms with E-state index in [1.807, 2.05) is 6.92 Å². The van der Waals surface area contributed by atoms with Crippen LogP contribution < -0.4 is 5.32 Å². The van der Waals surface area contributed by atoms with E-state index in [1.54, 1.807) is 0 Å². The van der Waals surface area contributed by atoms with E-state index in [0.717, 1.165) is 38.5 Å². The topological polar surface area (TPSA) is 58.6 Å². The fourth-order valence-corrected chi connectivity index (χ4v) is 6.34. The second-order valence-electron chi connectivity index (χ2n) is 12.4. The summed E-state index contributed by atoms with van der Waals surface area (Å²) in [6.45, 7) is 16.5. The molecule has 0 saturated heterocycles. The molecule has 0 aromatic heterocycles. The molecule has 1 saturated carbocycles. The lowest BCUT2D eigenvalue weighted by Crippen LogP contribution is -2.43. The fraction of sp³-hybridized carbons (Fsp3) is 0.656. The molecule has 1 aliphatic rings. The number of carbonyl (C=O) groups is 1. The van der Waals surface area contributed by atoms with Crippen molar-refractivity contribution in [1.29, 1.82) is 0 Å². The molecule has 1 amide bonds. The van der Waals surface area contributed by atoms with Crippen LogP contribution in [-0.4, -0.2) is 38.1 Å². The number of aryl methyl sites for hydroxylation is 1. The lowest BCUT2D eigenvalue weighted by Gasteiger charge is -2.39. The van der Waals surface area contributed by atoms with Crippen molar-refractivity contribution in [3.63, 3.8) is 0 Å². The number of hydrogen-bond donors (Lipinski definition) is 2. The molecular weight excluding hydrogens is 474 g/mol. The Hall–Kier alpha value is -1.69. The van der Waals surface area contributed by atoms with Crippen LogP contribution in [0.15, 0.2) is 54.6 Å². The maximum absolute atomic E-state index is 11.6. The number of allylic oxidation sites excluding steroid dienone is 3. The summed E-state index contributed by atoms with van der Waals surface area (Å²) >= 11 is 0. The van der Waals surface area contributed by atoms with E-state index in [9.17, 15) is 9.90 Å². The molecule has 37 heavy (non-hydrogen) atoms. The maximum Gasteiger partial charge on any atom is 0.219 e. The van der Waals surface area contributed by atoms with Crippen molar-refractivity contribution < 1.29 is 14.3 Å². The van der Waals surface area contributed by atoms with Crippen molar-refractivity contribution in [3.05, 3.63) is 60.2 Å². The van der Waals surface area contributed by atoms with Gasteiger partial charge in [-0.05, 0) is 86.9 Å². The normalized spacial score (nSPS) is 23.7. The van der Waals surface area contributed by atoms with E-state index >= 15 is 0 Å². The number of nitrogens with one attached hydrogen (secondary N) is 1. The van der Waals surface area contributed by atoms with Crippen LogP contribution in [-0.2, 0) is 15.6 Å². The number of benzene rings is 1. The summed E-state index contributed by atoms with van der Waals surface area (Å²) in [4.78, 5) is 11.6. The summed E-state index contributed by atoms with van der Waals surface area (Å²) < 4.78 is 6.89. The summed E-state index contributed by atoms with van der Waals surface area (Å²) in [5.74, 6) is 1.15. The van der Waals surface area contributed by atoms with Crippen molar-refractivity contribution in [2.45, 2.75) is 110 Å². The van der Waals surface area contributed by atoms with E-state index in [1.165, 1.54) is 5.56 Å². The summed E-state index contributed by atoms with van der Waals surface area (Å²) in [6, 6.07) is 10.7. The van der Waals surface area contributed by atoms with E-state index in [4.69, 9.17) is 4.43 Å². The number of unbranched alkanes of at least 4 members (excludes halogenated alkanes) is 1. The molecule has 5 heteroatoms. The van der Waals surface area contributed by atoms with Gasteiger partial charge in [-0.3, -0.25) is 4.79 Å². The highest BCUT2D eigenvalue weighted by Gasteiger charge is 2.40. The zero-order valence-electron chi connectivity index (χ0n) is 24.5. The third-order valence-corrected chi connectivity index (χ3v) is 12.8. The molecule has 2 rings (SSSR count). The summed E-state index contributed by atoms with van der Waals surface area (Å²) in [6.07, 6.45) is 14.9. The predicted octanol–water partition coefficient (Wildman–Crippen LogP) is 7.45. The number of amides is 1. The molecule has 2 N–H and O–H groups in total. The van der Waals surface area contributed by atoms with Crippen LogP contribution in [0.3, 0.4) is 0 Å². The van der Waals surface area contributed by atoms with Gasteiger partial charge in [0.1, 0.15) is 0 Å². The monoisotopic (exact) mass is 527 g/mol. The predicted molar refractivity (Wildman–Crippen MR) is 159 cm³/mol. The Morgan fingerprint density at radius 2 is 1.92 bits per heavy atom. The molecule has 1 aliphatic carbocycles. The Balaban J connectivity index is 2.05. The van der Waals surface area contributed by atoms with Crippen molar-refractivity contribution in [3.8, 4) is 0 Å².